The predicted molar refractivity (Wildman–Crippen MR) is 84.3 cm³/mol. The number of urea groups is 1. The lowest BCUT2D eigenvalue weighted by Crippen LogP contribution is -2.30. The van der Waals surface area contributed by atoms with Gasteiger partial charge in [0.15, 0.2) is 0 Å². The minimum Gasteiger partial charge on any atom is -0.478 e. The summed E-state index contributed by atoms with van der Waals surface area (Å²) in [6.45, 7) is 4.26. The average Bonchev–Trinajstić information content (AvgIpc) is 2.99. The molecule has 0 bridgehead atoms. The summed E-state index contributed by atoms with van der Waals surface area (Å²) in [5.41, 5.74) is 0.914. The largest absolute Gasteiger partial charge is 0.478 e. The van der Waals surface area contributed by atoms with Gasteiger partial charge in [-0.1, -0.05) is 25.7 Å². The van der Waals surface area contributed by atoms with Crippen LogP contribution >= 0.6 is 11.3 Å². The molecule has 1 saturated carbocycles. The lowest BCUT2D eigenvalue weighted by atomic mass is 10.0. The van der Waals surface area contributed by atoms with E-state index in [1.807, 2.05) is 6.92 Å². The van der Waals surface area contributed by atoms with Crippen LogP contribution in [0.1, 0.15) is 52.9 Å². The van der Waals surface area contributed by atoms with Gasteiger partial charge in [0.25, 0.3) is 0 Å². The van der Waals surface area contributed by atoms with Crippen molar-refractivity contribution in [3.63, 3.8) is 0 Å². The Morgan fingerprint density at radius 2 is 1.95 bits per heavy atom. The molecule has 1 fully saturated rings. The van der Waals surface area contributed by atoms with Crippen LogP contribution in [0.2, 0.25) is 0 Å². The lowest BCUT2D eigenvalue weighted by molar-refractivity contribution is 0.0697. The molecule has 2 rings (SSSR count). The first-order valence-electron chi connectivity index (χ1n) is 7.37. The fourth-order valence-corrected chi connectivity index (χ4v) is 3.86. The highest BCUT2D eigenvalue weighted by Gasteiger charge is 2.20. The van der Waals surface area contributed by atoms with Gasteiger partial charge in [0, 0.05) is 11.4 Å². The second kappa shape index (κ2) is 6.93. The van der Waals surface area contributed by atoms with Crippen molar-refractivity contribution in [2.75, 3.05) is 11.9 Å². The summed E-state index contributed by atoms with van der Waals surface area (Å²) >= 11 is 1.30. The first-order valence-corrected chi connectivity index (χ1v) is 8.18. The normalized spacial score (nSPS) is 15.1. The zero-order valence-corrected chi connectivity index (χ0v) is 13.3. The van der Waals surface area contributed by atoms with Crippen LogP contribution in [0, 0.1) is 19.8 Å². The maximum atomic E-state index is 11.9. The van der Waals surface area contributed by atoms with E-state index >= 15 is 0 Å². The SMILES string of the molecule is Cc1sc(NC(=O)NCCC2CCCC2)c(C(=O)O)c1C. The molecule has 3 N–H and O–H groups in total. The quantitative estimate of drug-likeness (QED) is 0.774. The second-order valence-electron chi connectivity index (χ2n) is 5.61. The van der Waals surface area contributed by atoms with Crippen molar-refractivity contribution in [3.8, 4) is 0 Å². The van der Waals surface area contributed by atoms with Gasteiger partial charge in [-0.3, -0.25) is 5.32 Å². The molecule has 0 aliphatic heterocycles. The van der Waals surface area contributed by atoms with Crippen molar-refractivity contribution < 1.29 is 14.7 Å². The monoisotopic (exact) mass is 310 g/mol. The predicted octanol–water partition coefficient (Wildman–Crippen LogP) is 3.76. The van der Waals surface area contributed by atoms with E-state index in [9.17, 15) is 14.7 Å². The summed E-state index contributed by atoms with van der Waals surface area (Å²) in [6.07, 6.45) is 6.12. The van der Waals surface area contributed by atoms with Crippen LogP contribution in [0.5, 0.6) is 0 Å². The maximum absolute atomic E-state index is 11.9. The molecule has 1 aromatic heterocycles. The topological polar surface area (TPSA) is 78.4 Å². The Bertz CT molecular complexity index is 533. The van der Waals surface area contributed by atoms with Crippen LogP contribution in [0.3, 0.4) is 0 Å². The third kappa shape index (κ3) is 3.97. The summed E-state index contributed by atoms with van der Waals surface area (Å²) in [5, 5.41) is 15.1. The van der Waals surface area contributed by atoms with Crippen molar-refractivity contribution >= 4 is 28.3 Å². The van der Waals surface area contributed by atoms with Crippen molar-refractivity contribution in [3.05, 3.63) is 16.0 Å². The number of carbonyl (C=O) groups excluding carboxylic acids is 1. The molecule has 2 amide bonds. The summed E-state index contributed by atoms with van der Waals surface area (Å²) < 4.78 is 0. The number of carboxylic acid groups (broad SMARTS) is 1. The fraction of sp³-hybridized carbons (Fsp3) is 0.600. The third-order valence-corrected chi connectivity index (χ3v) is 5.26. The molecule has 1 aromatic rings. The molecule has 0 aromatic carbocycles. The Balaban J connectivity index is 1.87. The number of anilines is 1. The van der Waals surface area contributed by atoms with Gasteiger partial charge in [-0.05, 0) is 31.7 Å². The van der Waals surface area contributed by atoms with Crippen LogP contribution in [-0.4, -0.2) is 23.7 Å². The van der Waals surface area contributed by atoms with E-state index in [1.54, 1.807) is 6.92 Å². The maximum Gasteiger partial charge on any atom is 0.338 e. The molecule has 21 heavy (non-hydrogen) atoms. The van der Waals surface area contributed by atoms with Crippen LogP contribution < -0.4 is 10.6 Å². The van der Waals surface area contributed by atoms with Crippen molar-refractivity contribution in [2.24, 2.45) is 5.92 Å². The summed E-state index contributed by atoms with van der Waals surface area (Å²) in [4.78, 5) is 24.0. The second-order valence-corrected chi connectivity index (χ2v) is 6.84. The molecular formula is C15H22N2O3S. The Labute approximate surface area is 128 Å². The number of aromatic carboxylic acids is 1. The van der Waals surface area contributed by atoms with E-state index < -0.39 is 5.97 Å². The average molecular weight is 310 g/mol. The molecule has 1 heterocycles. The van der Waals surface area contributed by atoms with Crippen molar-refractivity contribution in [1.82, 2.24) is 5.32 Å². The van der Waals surface area contributed by atoms with Gasteiger partial charge in [0.05, 0.1) is 5.56 Å². The van der Waals surface area contributed by atoms with Gasteiger partial charge in [-0.15, -0.1) is 11.3 Å². The fourth-order valence-electron chi connectivity index (χ4n) is 2.81. The smallest absolute Gasteiger partial charge is 0.338 e. The molecule has 0 spiro atoms. The molecule has 5 nitrogen and oxygen atoms in total. The van der Waals surface area contributed by atoms with Gasteiger partial charge in [0.1, 0.15) is 5.00 Å². The lowest BCUT2D eigenvalue weighted by Gasteiger charge is -2.10. The minimum atomic E-state index is -1.00. The molecule has 1 aliphatic carbocycles. The van der Waals surface area contributed by atoms with Gasteiger partial charge in [0.2, 0.25) is 0 Å². The van der Waals surface area contributed by atoms with Crippen molar-refractivity contribution in [1.29, 1.82) is 0 Å². The molecular weight excluding hydrogens is 288 g/mol. The summed E-state index contributed by atoms with van der Waals surface area (Å²) in [7, 11) is 0. The summed E-state index contributed by atoms with van der Waals surface area (Å²) in [5.74, 6) is -0.274. The molecule has 0 saturated heterocycles. The zero-order valence-electron chi connectivity index (χ0n) is 12.5. The van der Waals surface area contributed by atoms with Crippen LogP contribution in [0.15, 0.2) is 0 Å². The minimum absolute atomic E-state index is 0.198. The number of carboxylic acids is 1. The number of rotatable bonds is 5. The molecule has 0 atom stereocenters. The van der Waals surface area contributed by atoms with Crippen LogP contribution in [0.4, 0.5) is 9.80 Å². The number of thiophene rings is 1. The molecule has 0 unspecified atom stereocenters. The first kappa shape index (κ1) is 15.8. The Morgan fingerprint density at radius 1 is 1.29 bits per heavy atom. The number of hydrogen-bond acceptors (Lipinski definition) is 3. The van der Waals surface area contributed by atoms with E-state index in [1.165, 1.54) is 37.0 Å². The van der Waals surface area contributed by atoms with Gasteiger partial charge in [-0.25, -0.2) is 9.59 Å². The number of hydrogen-bond donors (Lipinski definition) is 3. The molecule has 0 radical (unpaired) electrons. The van der Waals surface area contributed by atoms with E-state index in [4.69, 9.17) is 0 Å². The zero-order chi connectivity index (χ0) is 15.4. The number of carbonyl (C=O) groups is 2. The highest BCUT2D eigenvalue weighted by molar-refractivity contribution is 7.16. The van der Waals surface area contributed by atoms with E-state index in [0.717, 1.165) is 17.2 Å². The van der Waals surface area contributed by atoms with Crippen LogP contribution in [-0.2, 0) is 0 Å². The Morgan fingerprint density at radius 3 is 2.57 bits per heavy atom. The van der Waals surface area contributed by atoms with E-state index in [2.05, 4.69) is 10.6 Å². The molecule has 116 valence electrons. The number of amides is 2. The summed E-state index contributed by atoms with van der Waals surface area (Å²) in [6, 6.07) is -0.322. The van der Waals surface area contributed by atoms with Crippen LogP contribution in [0.25, 0.3) is 0 Å². The molecule has 6 heteroatoms. The standard InChI is InChI=1S/C15H22N2O3S/c1-9-10(2)21-13(12(9)14(18)19)17-15(20)16-8-7-11-5-3-4-6-11/h11H,3-8H2,1-2H3,(H,18,19)(H2,16,17,20). The van der Waals surface area contributed by atoms with E-state index in [0.29, 0.717) is 17.1 Å². The number of nitrogens with one attached hydrogen (secondary N) is 2. The number of aryl methyl sites for hydroxylation is 1. The van der Waals surface area contributed by atoms with Gasteiger partial charge >= 0.3 is 12.0 Å². The highest BCUT2D eigenvalue weighted by Crippen LogP contribution is 2.32. The van der Waals surface area contributed by atoms with Crippen molar-refractivity contribution in [2.45, 2.75) is 46.0 Å². The molecule has 1 aliphatic rings. The van der Waals surface area contributed by atoms with E-state index in [-0.39, 0.29) is 11.6 Å². The van der Waals surface area contributed by atoms with Gasteiger partial charge < -0.3 is 10.4 Å². The van der Waals surface area contributed by atoms with Gasteiger partial charge in [-0.2, -0.15) is 0 Å². The highest BCUT2D eigenvalue weighted by atomic mass is 32.1. The Hall–Kier alpha value is -1.56. The first-order chi connectivity index (χ1) is 9.99. The third-order valence-electron chi connectivity index (χ3n) is 4.14. The Kier molecular flexibility index (Phi) is 5.22.